The highest BCUT2D eigenvalue weighted by Gasteiger charge is 2.43. The molecule has 1 aliphatic carbocycles. The van der Waals surface area contributed by atoms with Gasteiger partial charge in [-0.2, -0.15) is 0 Å². The van der Waals surface area contributed by atoms with Crippen molar-refractivity contribution in [2.24, 2.45) is 4.99 Å². The average molecular weight is 380 g/mol. The summed E-state index contributed by atoms with van der Waals surface area (Å²) in [6.07, 6.45) is 5.12. The van der Waals surface area contributed by atoms with Gasteiger partial charge in [-0.05, 0) is 39.8 Å². The van der Waals surface area contributed by atoms with E-state index in [1.807, 2.05) is 19.1 Å². The van der Waals surface area contributed by atoms with Gasteiger partial charge in [-0.1, -0.05) is 6.08 Å². The van der Waals surface area contributed by atoms with Crippen molar-refractivity contribution in [3.8, 4) is 0 Å². The van der Waals surface area contributed by atoms with Crippen LogP contribution in [0.3, 0.4) is 0 Å². The largest absolute Gasteiger partial charge is 0.489 e. The Bertz CT molecular complexity index is 694. The summed E-state index contributed by atoms with van der Waals surface area (Å²) in [5, 5.41) is 10.8. The summed E-state index contributed by atoms with van der Waals surface area (Å²) < 4.78 is 11.3. The zero-order chi connectivity index (χ0) is 19.1. The highest BCUT2D eigenvalue weighted by atomic mass is 32.2. The van der Waals surface area contributed by atoms with Crippen LogP contribution in [0.25, 0.3) is 0 Å². The number of ether oxygens (including phenoxy) is 2. The van der Waals surface area contributed by atoms with Crippen molar-refractivity contribution in [3.63, 3.8) is 0 Å². The number of hydrogen-bond acceptors (Lipinski definition) is 6. The third-order valence-corrected chi connectivity index (χ3v) is 5.39. The number of carboxylic acid groups (broad SMARTS) is 1. The second-order valence-electron chi connectivity index (χ2n) is 7.61. The minimum Gasteiger partial charge on any atom is -0.489 e. The fourth-order valence-electron chi connectivity index (χ4n) is 3.19. The quantitative estimate of drug-likeness (QED) is 0.810. The van der Waals surface area contributed by atoms with E-state index in [0.29, 0.717) is 11.0 Å². The van der Waals surface area contributed by atoms with Gasteiger partial charge >= 0.3 is 12.1 Å². The molecule has 0 aromatic rings. The summed E-state index contributed by atoms with van der Waals surface area (Å²) in [4.78, 5) is 29.7. The van der Waals surface area contributed by atoms with Crippen LogP contribution < -0.4 is 0 Å². The number of allylic oxidation sites excluding steroid dienone is 1. The molecule has 1 N–H and O–H groups in total. The number of rotatable bonds is 3. The van der Waals surface area contributed by atoms with Gasteiger partial charge < -0.3 is 14.6 Å². The Kier molecular flexibility index (Phi) is 5.05. The Hall–Kier alpha value is -1.96. The summed E-state index contributed by atoms with van der Waals surface area (Å²) >= 11 is 1.72. The molecule has 2 heterocycles. The summed E-state index contributed by atoms with van der Waals surface area (Å²) in [5.41, 5.74) is -0.682. The Labute approximate surface area is 157 Å². The van der Waals surface area contributed by atoms with Crippen molar-refractivity contribution in [1.82, 2.24) is 4.90 Å². The van der Waals surface area contributed by atoms with E-state index in [2.05, 4.69) is 11.1 Å². The fourth-order valence-corrected chi connectivity index (χ4v) is 4.20. The highest BCUT2D eigenvalue weighted by Crippen LogP contribution is 2.33. The second-order valence-corrected chi connectivity index (χ2v) is 8.98. The van der Waals surface area contributed by atoms with E-state index < -0.39 is 29.8 Å². The first kappa shape index (κ1) is 18.8. The van der Waals surface area contributed by atoms with E-state index in [9.17, 15) is 14.7 Å². The van der Waals surface area contributed by atoms with Gasteiger partial charge in [0.15, 0.2) is 0 Å². The summed E-state index contributed by atoms with van der Waals surface area (Å²) in [6.45, 7) is 7.42. The lowest BCUT2D eigenvalue weighted by atomic mass is 10.1. The maximum Gasteiger partial charge on any atom is 0.411 e. The van der Waals surface area contributed by atoms with E-state index in [1.165, 1.54) is 4.90 Å². The fraction of sp³-hybridized carbons (Fsp3) is 0.611. The number of nitrogens with zero attached hydrogens (tertiary/aromatic N) is 2. The number of aliphatic carboxylic acids is 1. The van der Waals surface area contributed by atoms with E-state index in [-0.39, 0.29) is 19.0 Å². The molecule has 0 saturated carbocycles. The molecule has 3 rings (SSSR count). The number of carbonyl (C=O) groups is 2. The van der Waals surface area contributed by atoms with Crippen LogP contribution in [-0.4, -0.2) is 62.7 Å². The van der Waals surface area contributed by atoms with E-state index in [0.717, 1.165) is 5.04 Å². The molecule has 0 spiro atoms. The Morgan fingerprint density at radius 3 is 2.77 bits per heavy atom. The average Bonchev–Trinajstić information content (AvgIpc) is 3.08. The number of amides is 1. The van der Waals surface area contributed by atoms with Crippen molar-refractivity contribution >= 4 is 28.9 Å². The van der Waals surface area contributed by atoms with Crippen LogP contribution in [0.2, 0.25) is 0 Å². The minimum absolute atomic E-state index is 0.0543. The molecular formula is C18H24N2O5S. The molecule has 2 aliphatic heterocycles. The number of likely N-dealkylation sites (tertiary alicyclic amines) is 1. The van der Waals surface area contributed by atoms with Crippen LogP contribution >= 0.6 is 11.8 Å². The SMILES string of the molecule is CC1=N[C@H]2C=C(O[C@H]3C[C@@H](C(=O)O)N(C(=O)OC(C)(C)C)C3)C=C[C@@H]2S1. The van der Waals surface area contributed by atoms with Crippen LogP contribution in [0.5, 0.6) is 0 Å². The number of fused-ring (bicyclic) bond motifs is 1. The van der Waals surface area contributed by atoms with Gasteiger partial charge in [0.05, 0.1) is 22.9 Å². The van der Waals surface area contributed by atoms with Gasteiger partial charge in [0.25, 0.3) is 0 Å². The number of carboxylic acids is 1. The molecule has 142 valence electrons. The number of hydrogen-bond donors (Lipinski definition) is 1. The van der Waals surface area contributed by atoms with E-state index in [1.54, 1.807) is 32.5 Å². The molecule has 4 atom stereocenters. The molecule has 7 nitrogen and oxygen atoms in total. The molecule has 0 unspecified atom stereocenters. The topological polar surface area (TPSA) is 88.4 Å². The number of aliphatic imine (C=N–C) groups is 1. The van der Waals surface area contributed by atoms with Crippen molar-refractivity contribution in [1.29, 1.82) is 0 Å². The van der Waals surface area contributed by atoms with E-state index >= 15 is 0 Å². The molecule has 0 aromatic heterocycles. The highest BCUT2D eigenvalue weighted by molar-refractivity contribution is 8.14. The predicted octanol–water partition coefficient (Wildman–Crippen LogP) is 2.82. The number of carbonyl (C=O) groups excluding carboxylic acids is 1. The number of thioether (sulfide) groups is 1. The third-order valence-electron chi connectivity index (χ3n) is 4.24. The molecule has 1 fully saturated rings. The Morgan fingerprint density at radius 2 is 2.12 bits per heavy atom. The molecule has 8 heteroatoms. The summed E-state index contributed by atoms with van der Waals surface area (Å²) in [7, 11) is 0. The molecule has 1 saturated heterocycles. The lowest BCUT2D eigenvalue weighted by Crippen LogP contribution is -2.43. The van der Waals surface area contributed by atoms with Crippen molar-refractivity contribution in [2.75, 3.05) is 6.54 Å². The lowest BCUT2D eigenvalue weighted by Gasteiger charge is -2.26. The molecule has 1 amide bonds. The minimum atomic E-state index is -1.05. The second kappa shape index (κ2) is 6.98. The standard InChI is InChI=1S/C18H24N2O5S/c1-10-19-13-7-11(5-6-15(13)26-10)24-12-8-14(16(21)22)20(9-12)17(23)25-18(2,3)4/h5-7,12-15H,8-9H2,1-4H3,(H,21,22)/t12-,13-,14-,15-/m0/s1. The van der Waals surface area contributed by atoms with Crippen molar-refractivity contribution in [2.45, 2.75) is 63.2 Å². The van der Waals surface area contributed by atoms with Crippen LogP contribution in [0, 0.1) is 0 Å². The zero-order valence-electron chi connectivity index (χ0n) is 15.3. The van der Waals surface area contributed by atoms with Gasteiger partial charge in [0, 0.05) is 6.42 Å². The molecule has 26 heavy (non-hydrogen) atoms. The lowest BCUT2D eigenvalue weighted by molar-refractivity contribution is -0.142. The molecule has 0 radical (unpaired) electrons. The molecular weight excluding hydrogens is 356 g/mol. The Morgan fingerprint density at radius 1 is 1.38 bits per heavy atom. The first-order valence-electron chi connectivity index (χ1n) is 8.62. The first-order valence-corrected chi connectivity index (χ1v) is 9.50. The van der Waals surface area contributed by atoms with Gasteiger partial charge in [-0.25, -0.2) is 9.59 Å². The van der Waals surface area contributed by atoms with Crippen molar-refractivity contribution in [3.05, 3.63) is 24.0 Å². The first-order chi connectivity index (χ1) is 12.1. The smallest absolute Gasteiger partial charge is 0.411 e. The summed E-state index contributed by atoms with van der Waals surface area (Å²) in [5.74, 6) is -0.381. The van der Waals surface area contributed by atoms with Gasteiger partial charge in [0.1, 0.15) is 23.5 Å². The van der Waals surface area contributed by atoms with Crippen LogP contribution in [0.15, 0.2) is 29.0 Å². The normalized spacial score (nSPS) is 30.5. The molecule has 0 aromatic carbocycles. The third kappa shape index (κ3) is 4.23. The van der Waals surface area contributed by atoms with Gasteiger partial charge in [-0.15, -0.1) is 11.8 Å². The van der Waals surface area contributed by atoms with Gasteiger partial charge in [0.2, 0.25) is 0 Å². The van der Waals surface area contributed by atoms with Crippen LogP contribution in [0.4, 0.5) is 4.79 Å². The van der Waals surface area contributed by atoms with Gasteiger partial charge in [-0.3, -0.25) is 9.89 Å². The predicted molar refractivity (Wildman–Crippen MR) is 99.4 cm³/mol. The van der Waals surface area contributed by atoms with Crippen molar-refractivity contribution < 1.29 is 24.2 Å². The van der Waals surface area contributed by atoms with Crippen LogP contribution in [-0.2, 0) is 14.3 Å². The molecule has 3 aliphatic rings. The maximum atomic E-state index is 12.3. The van der Waals surface area contributed by atoms with E-state index in [4.69, 9.17) is 9.47 Å². The van der Waals surface area contributed by atoms with Crippen LogP contribution in [0.1, 0.15) is 34.1 Å². The zero-order valence-corrected chi connectivity index (χ0v) is 16.2. The maximum absolute atomic E-state index is 12.3. The monoisotopic (exact) mass is 380 g/mol. The summed E-state index contributed by atoms with van der Waals surface area (Å²) in [6, 6.07) is -0.892. The Balaban J connectivity index is 1.67. The molecule has 0 bridgehead atoms.